The van der Waals surface area contributed by atoms with E-state index in [4.69, 9.17) is 15.8 Å². The highest BCUT2D eigenvalue weighted by Gasteiger charge is 2.08. The Bertz CT molecular complexity index is 645. The van der Waals surface area contributed by atoms with Crippen molar-refractivity contribution in [3.63, 3.8) is 0 Å². The Kier molecular flexibility index (Phi) is 4.32. The first-order valence-corrected chi connectivity index (χ1v) is 5.96. The SMILES string of the molecule is N#Cc1ccc(CONC(=O)c2ccccc2N)cc1. The number of nitriles is 1. The highest BCUT2D eigenvalue weighted by molar-refractivity contribution is 5.98. The zero-order valence-corrected chi connectivity index (χ0v) is 10.7. The third kappa shape index (κ3) is 3.34. The highest BCUT2D eigenvalue weighted by Crippen LogP contribution is 2.10. The van der Waals surface area contributed by atoms with Gasteiger partial charge in [-0.3, -0.25) is 9.63 Å². The first-order valence-electron chi connectivity index (χ1n) is 5.96. The molecule has 5 heteroatoms. The smallest absolute Gasteiger partial charge is 0.276 e. The number of hydroxylamine groups is 1. The molecular weight excluding hydrogens is 254 g/mol. The minimum absolute atomic E-state index is 0.212. The molecular formula is C15H13N3O2. The number of nitrogen functional groups attached to an aromatic ring is 1. The van der Waals surface area contributed by atoms with Crippen molar-refractivity contribution in [2.75, 3.05) is 5.73 Å². The van der Waals surface area contributed by atoms with Crippen molar-refractivity contribution < 1.29 is 9.63 Å². The zero-order chi connectivity index (χ0) is 14.4. The molecule has 0 aromatic heterocycles. The van der Waals surface area contributed by atoms with Crippen LogP contribution in [0.4, 0.5) is 5.69 Å². The number of anilines is 1. The Balaban J connectivity index is 1.88. The van der Waals surface area contributed by atoms with E-state index in [0.717, 1.165) is 5.56 Å². The second-order valence-corrected chi connectivity index (χ2v) is 4.12. The van der Waals surface area contributed by atoms with E-state index < -0.39 is 5.91 Å². The Morgan fingerprint density at radius 3 is 2.55 bits per heavy atom. The Morgan fingerprint density at radius 2 is 1.90 bits per heavy atom. The topological polar surface area (TPSA) is 88.1 Å². The first-order chi connectivity index (χ1) is 9.70. The number of hydrogen-bond donors (Lipinski definition) is 2. The summed E-state index contributed by atoms with van der Waals surface area (Å²) in [5.41, 5.74) is 10.2. The molecule has 3 N–H and O–H groups in total. The fourth-order valence-electron chi connectivity index (χ4n) is 1.62. The molecule has 0 radical (unpaired) electrons. The van der Waals surface area contributed by atoms with Crippen LogP contribution in [-0.4, -0.2) is 5.91 Å². The van der Waals surface area contributed by atoms with Crippen molar-refractivity contribution in [1.29, 1.82) is 5.26 Å². The maximum absolute atomic E-state index is 11.8. The van der Waals surface area contributed by atoms with E-state index in [0.29, 0.717) is 16.8 Å². The number of rotatable bonds is 4. The summed E-state index contributed by atoms with van der Waals surface area (Å²) in [7, 11) is 0. The van der Waals surface area contributed by atoms with Gasteiger partial charge < -0.3 is 5.73 Å². The third-order valence-corrected chi connectivity index (χ3v) is 2.69. The molecule has 0 aliphatic carbocycles. The van der Waals surface area contributed by atoms with Gasteiger partial charge in [-0.15, -0.1) is 0 Å². The lowest BCUT2D eigenvalue weighted by atomic mass is 10.2. The van der Waals surface area contributed by atoms with E-state index in [9.17, 15) is 4.79 Å². The van der Waals surface area contributed by atoms with Gasteiger partial charge in [-0.05, 0) is 29.8 Å². The Labute approximate surface area is 116 Å². The molecule has 0 unspecified atom stereocenters. The molecule has 0 fully saturated rings. The van der Waals surface area contributed by atoms with Crippen molar-refractivity contribution in [3.8, 4) is 6.07 Å². The van der Waals surface area contributed by atoms with Gasteiger partial charge in [0.05, 0.1) is 23.8 Å². The van der Waals surface area contributed by atoms with Gasteiger partial charge in [-0.1, -0.05) is 24.3 Å². The van der Waals surface area contributed by atoms with Gasteiger partial charge in [0.1, 0.15) is 0 Å². The summed E-state index contributed by atoms with van der Waals surface area (Å²) in [4.78, 5) is 16.9. The molecule has 2 aromatic rings. The standard InChI is InChI=1S/C15H13N3O2/c16-9-11-5-7-12(8-6-11)10-20-18-15(19)13-3-1-2-4-14(13)17/h1-8H,10,17H2,(H,18,19). The third-order valence-electron chi connectivity index (χ3n) is 2.69. The summed E-state index contributed by atoms with van der Waals surface area (Å²) >= 11 is 0. The van der Waals surface area contributed by atoms with Gasteiger partial charge in [0.2, 0.25) is 0 Å². The van der Waals surface area contributed by atoms with Crippen LogP contribution in [0.2, 0.25) is 0 Å². The van der Waals surface area contributed by atoms with E-state index >= 15 is 0 Å². The summed E-state index contributed by atoms with van der Waals surface area (Å²) in [6, 6.07) is 15.7. The molecule has 0 spiro atoms. The monoisotopic (exact) mass is 267 g/mol. The van der Waals surface area contributed by atoms with Crippen molar-refractivity contribution in [3.05, 3.63) is 65.2 Å². The Hall–Kier alpha value is -2.84. The molecule has 100 valence electrons. The van der Waals surface area contributed by atoms with Crippen LogP contribution < -0.4 is 11.2 Å². The number of nitrogens with zero attached hydrogens (tertiary/aromatic N) is 1. The van der Waals surface area contributed by atoms with Crippen molar-refractivity contribution >= 4 is 11.6 Å². The molecule has 0 saturated carbocycles. The number of nitrogens with two attached hydrogens (primary N) is 1. The quantitative estimate of drug-likeness (QED) is 0.655. The van der Waals surface area contributed by atoms with E-state index in [2.05, 4.69) is 5.48 Å². The fourth-order valence-corrected chi connectivity index (χ4v) is 1.62. The maximum atomic E-state index is 11.8. The lowest BCUT2D eigenvalue weighted by Crippen LogP contribution is -2.24. The van der Waals surface area contributed by atoms with E-state index in [1.165, 1.54) is 0 Å². The number of hydrogen-bond acceptors (Lipinski definition) is 4. The fraction of sp³-hybridized carbons (Fsp3) is 0.0667. The molecule has 1 amide bonds. The van der Waals surface area contributed by atoms with E-state index in [1.807, 2.05) is 6.07 Å². The van der Waals surface area contributed by atoms with E-state index in [-0.39, 0.29) is 6.61 Å². The molecule has 0 heterocycles. The summed E-state index contributed by atoms with van der Waals surface area (Å²) in [5.74, 6) is -0.392. The summed E-state index contributed by atoms with van der Waals surface area (Å²) in [6.45, 7) is 0.212. The Morgan fingerprint density at radius 1 is 1.20 bits per heavy atom. The van der Waals surface area contributed by atoms with Crippen LogP contribution in [0.3, 0.4) is 0 Å². The average Bonchev–Trinajstić information content (AvgIpc) is 2.48. The van der Waals surface area contributed by atoms with Gasteiger partial charge in [0, 0.05) is 5.69 Å². The molecule has 0 saturated heterocycles. The molecule has 5 nitrogen and oxygen atoms in total. The zero-order valence-electron chi connectivity index (χ0n) is 10.7. The van der Waals surface area contributed by atoms with Crippen molar-refractivity contribution in [2.24, 2.45) is 0 Å². The van der Waals surface area contributed by atoms with E-state index in [1.54, 1.807) is 48.5 Å². The van der Waals surface area contributed by atoms with Gasteiger partial charge >= 0.3 is 0 Å². The average molecular weight is 267 g/mol. The number of amides is 1. The second-order valence-electron chi connectivity index (χ2n) is 4.12. The van der Waals surface area contributed by atoms with Crippen molar-refractivity contribution in [2.45, 2.75) is 6.61 Å². The molecule has 0 bridgehead atoms. The molecule has 0 aliphatic heterocycles. The number of nitrogens with one attached hydrogen (secondary N) is 1. The lowest BCUT2D eigenvalue weighted by molar-refractivity contribution is 0.0234. The van der Waals surface area contributed by atoms with Crippen molar-refractivity contribution in [1.82, 2.24) is 5.48 Å². The first kappa shape index (κ1) is 13.6. The van der Waals surface area contributed by atoms with Crippen LogP contribution in [0.1, 0.15) is 21.5 Å². The molecule has 20 heavy (non-hydrogen) atoms. The summed E-state index contributed by atoms with van der Waals surface area (Å²) in [5, 5.41) is 8.68. The minimum atomic E-state index is -0.392. The highest BCUT2D eigenvalue weighted by atomic mass is 16.6. The predicted octanol–water partition coefficient (Wildman–Crippen LogP) is 2.00. The molecule has 0 atom stereocenters. The molecule has 2 aromatic carbocycles. The number of benzene rings is 2. The van der Waals surface area contributed by atoms with Crippen LogP contribution in [0.5, 0.6) is 0 Å². The molecule has 2 rings (SSSR count). The normalized spacial score (nSPS) is 9.75. The number of carbonyl (C=O) groups excluding carboxylic acids is 1. The van der Waals surface area contributed by atoms with Gasteiger partial charge in [0.15, 0.2) is 0 Å². The predicted molar refractivity (Wildman–Crippen MR) is 74.3 cm³/mol. The minimum Gasteiger partial charge on any atom is -0.398 e. The van der Waals surface area contributed by atoms with Crippen LogP contribution >= 0.6 is 0 Å². The number of para-hydroxylation sites is 1. The maximum Gasteiger partial charge on any atom is 0.276 e. The summed E-state index contributed by atoms with van der Waals surface area (Å²) in [6.07, 6.45) is 0. The van der Waals surface area contributed by atoms with Gasteiger partial charge in [-0.2, -0.15) is 5.26 Å². The second kappa shape index (κ2) is 6.36. The number of carbonyl (C=O) groups is 1. The van der Waals surface area contributed by atoms with Crippen LogP contribution in [0, 0.1) is 11.3 Å². The van der Waals surface area contributed by atoms with Gasteiger partial charge in [-0.25, -0.2) is 5.48 Å². The molecule has 0 aliphatic rings. The lowest BCUT2D eigenvalue weighted by Gasteiger charge is -2.07. The van der Waals surface area contributed by atoms with Crippen LogP contribution in [-0.2, 0) is 11.4 Å². The van der Waals surface area contributed by atoms with Crippen LogP contribution in [0.25, 0.3) is 0 Å². The largest absolute Gasteiger partial charge is 0.398 e. The van der Waals surface area contributed by atoms with Crippen LogP contribution in [0.15, 0.2) is 48.5 Å². The van der Waals surface area contributed by atoms with Gasteiger partial charge in [0.25, 0.3) is 5.91 Å². The summed E-state index contributed by atoms with van der Waals surface area (Å²) < 4.78 is 0.